The van der Waals surface area contributed by atoms with Gasteiger partial charge in [-0.05, 0) is 193 Å². The maximum Gasteiger partial charge on any atom is 0.408 e. The van der Waals surface area contributed by atoms with Gasteiger partial charge in [-0.15, -0.1) is 0 Å². The summed E-state index contributed by atoms with van der Waals surface area (Å²) in [5.74, 6) is -10.6. The SMILES string of the molecule is CCCC(NC(=O)[C@H](Cc1cccc2c1CCCC2)NC(=O)[C@@H](NC(=O)OC(C)(C)C)C1CCCCC1)C(=O)C(=O)NCC(=O)N[C@H](C(=O)O)c1ccccc1.CCCC(NC(=O)[C@H](Cc1cccc2c1CCCC2)NC(=O)[C@@H](NC(=O)OC(C)(C)C)C1CCCCC1)C(=O)C(=O)NCC(=O)N[C@H](C(=O)OCc1ccccc1)c1ccccc1. The summed E-state index contributed by atoms with van der Waals surface area (Å²) in [6, 6.07) is 28.0. The van der Waals surface area contributed by atoms with Crippen LogP contribution in [0.2, 0.25) is 0 Å². The molecule has 11 N–H and O–H groups in total. The Morgan fingerprint density at radius 1 is 0.403 bits per heavy atom. The summed E-state index contributed by atoms with van der Waals surface area (Å²) >= 11 is 0. The highest BCUT2D eigenvalue weighted by molar-refractivity contribution is 6.39. The molecular weight excluding hydrogens is 1520 g/mol. The summed E-state index contributed by atoms with van der Waals surface area (Å²) in [6.07, 6.45) is 15.7. The van der Waals surface area contributed by atoms with Crippen molar-refractivity contribution >= 4 is 82.9 Å². The predicted molar refractivity (Wildman–Crippen MR) is 445 cm³/mol. The first-order chi connectivity index (χ1) is 56.9. The van der Waals surface area contributed by atoms with Crippen LogP contribution in [-0.4, -0.2) is 149 Å². The van der Waals surface area contributed by atoms with Crippen LogP contribution in [0.15, 0.2) is 127 Å². The van der Waals surface area contributed by atoms with Gasteiger partial charge in [-0.1, -0.05) is 193 Å². The van der Waals surface area contributed by atoms with E-state index in [9.17, 15) is 72.2 Å². The van der Waals surface area contributed by atoms with Crippen LogP contribution in [0.4, 0.5) is 9.59 Å². The van der Waals surface area contributed by atoms with Crippen molar-refractivity contribution in [2.45, 2.75) is 276 Å². The molecule has 119 heavy (non-hydrogen) atoms. The molecule has 28 nitrogen and oxygen atoms in total. The van der Waals surface area contributed by atoms with E-state index in [1.54, 1.807) is 116 Å². The predicted octanol–water partition coefficient (Wildman–Crippen LogP) is 9.62. The van der Waals surface area contributed by atoms with E-state index in [-0.39, 0.29) is 44.1 Å². The smallest absolute Gasteiger partial charge is 0.408 e. The van der Waals surface area contributed by atoms with Crippen molar-refractivity contribution in [2.75, 3.05) is 13.1 Å². The van der Waals surface area contributed by atoms with Crippen LogP contribution in [0.5, 0.6) is 0 Å². The molecule has 0 radical (unpaired) electrons. The number of esters is 1. The molecule has 9 rings (SSSR count). The van der Waals surface area contributed by atoms with E-state index in [1.807, 2.05) is 42.5 Å². The number of hydrogen-bond donors (Lipinski definition) is 11. The van der Waals surface area contributed by atoms with Crippen LogP contribution >= 0.6 is 0 Å². The zero-order valence-corrected chi connectivity index (χ0v) is 69.9. The summed E-state index contributed by atoms with van der Waals surface area (Å²) in [6.45, 7) is 12.6. The normalized spacial score (nSPS) is 16.1. The van der Waals surface area contributed by atoms with Gasteiger partial charge in [0.1, 0.15) is 42.0 Å². The Balaban J connectivity index is 0.000000299. The lowest BCUT2D eigenvalue weighted by atomic mass is 9.83. The van der Waals surface area contributed by atoms with Crippen LogP contribution in [-0.2, 0) is 117 Å². The van der Waals surface area contributed by atoms with Gasteiger partial charge in [0.05, 0.1) is 25.2 Å². The van der Waals surface area contributed by atoms with Gasteiger partial charge in [-0.3, -0.25) is 47.9 Å². The number of aryl methyl sites for hydroxylation is 2. The van der Waals surface area contributed by atoms with E-state index >= 15 is 0 Å². The first-order valence-corrected chi connectivity index (χ1v) is 42.0. The number of ether oxygens (including phenoxy) is 3. The molecule has 2 unspecified atom stereocenters. The average molecular weight is 1640 g/mol. The molecule has 28 heteroatoms. The number of carbonyl (C=O) groups is 14. The fourth-order valence-electron chi connectivity index (χ4n) is 15.6. The molecule has 2 fully saturated rings. The van der Waals surface area contributed by atoms with Gasteiger partial charge in [0, 0.05) is 12.8 Å². The van der Waals surface area contributed by atoms with Gasteiger partial charge in [0.2, 0.25) is 47.0 Å². The number of aliphatic carboxylic acids is 1. The van der Waals surface area contributed by atoms with Gasteiger partial charge < -0.3 is 72.5 Å². The second kappa shape index (κ2) is 46.1. The number of carboxylic acids is 1. The van der Waals surface area contributed by atoms with E-state index in [2.05, 4.69) is 65.3 Å². The highest BCUT2D eigenvalue weighted by Crippen LogP contribution is 2.32. The second-order valence-electron chi connectivity index (χ2n) is 33.1. The number of amides is 10. The lowest BCUT2D eigenvalue weighted by Gasteiger charge is -2.32. The van der Waals surface area contributed by atoms with Crippen LogP contribution in [0, 0.1) is 11.8 Å². The second-order valence-corrected chi connectivity index (χ2v) is 33.1. The first kappa shape index (κ1) is 93.2. The molecule has 4 aliphatic carbocycles. The van der Waals surface area contributed by atoms with E-state index in [0.717, 1.165) is 118 Å². The van der Waals surface area contributed by atoms with Crippen molar-refractivity contribution in [3.63, 3.8) is 0 Å². The number of carboxylic acid groups (broad SMARTS) is 1. The topological polar surface area (TPSA) is 407 Å². The number of Topliss-reactive ketones (excluding diaryl/α,β-unsaturated/α-hetero) is 2. The molecule has 0 heterocycles. The number of hydrogen-bond acceptors (Lipinski definition) is 17. The quantitative estimate of drug-likeness (QED) is 0.0101. The number of benzene rings is 5. The third-order valence-electron chi connectivity index (χ3n) is 21.5. The molecule has 4 aliphatic rings. The summed E-state index contributed by atoms with van der Waals surface area (Å²) in [5.41, 5.74) is 6.34. The fourth-order valence-corrected chi connectivity index (χ4v) is 15.6. The molecule has 5 aromatic rings. The Morgan fingerprint density at radius 3 is 1.16 bits per heavy atom. The Labute approximate surface area is 697 Å². The molecule has 642 valence electrons. The third-order valence-corrected chi connectivity index (χ3v) is 21.5. The maximum atomic E-state index is 14.4. The molecular formula is C91H120N10O18. The standard InChI is InChI=1S/C49H63N5O9.C42H57N5O9/c1-5-18-38(43(56)46(59)50-30-40(55)53-42(35-24-13-8-14-25-35)47(60)62-31-32-19-9-6-10-20-32)51-44(57)39(29-36-27-17-26-33-21-15-16-28-37(33)36)52-45(58)41(34-22-11-7-12-23-34)54-48(61)63-49(2,3)4;1-5-15-31(36(49)39(52)43-25-33(48)46-35(40(53)54)28-19-10-7-11-20-28)44-37(50)32(24-29-22-14-21-26-16-12-13-23-30(26)29)45-38(51)34(27-17-8-6-9-18-27)47-41(55)56-42(2,3)4/h6,8-10,13-14,17,19-20,24-27,34,38-39,41-42H,5,7,11-12,15-16,18,21-23,28-31H2,1-4H3,(H,50,59)(H,51,57)(H,52,58)(H,53,55)(H,54,61);7,10-11,14,19-22,27,31-32,34-35H,5-6,8-9,12-13,15-18,23-25H2,1-4H3,(H,43,52)(H,44,50)(H,45,51)(H,46,48)(H,47,55)(H,53,54)/t38?,39-,41-,42-;31?,32-,34-,35-/m00/s1. The summed E-state index contributed by atoms with van der Waals surface area (Å²) in [4.78, 5) is 188. The highest BCUT2D eigenvalue weighted by atomic mass is 16.6. The minimum Gasteiger partial charge on any atom is -0.479 e. The lowest BCUT2D eigenvalue weighted by Crippen LogP contribution is -2.59. The minimum atomic E-state index is -1.37. The third kappa shape index (κ3) is 29.9. The van der Waals surface area contributed by atoms with Crippen LogP contribution < -0.4 is 53.2 Å². The lowest BCUT2D eigenvalue weighted by molar-refractivity contribution is -0.149. The number of carbonyl (C=O) groups excluding carboxylic acids is 13. The number of fused-ring (bicyclic) bond motifs is 2. The number of rotatable bonds is 36. The van der Waals surface area contributed by atoms with Gasteiger partial charge in [0.15, 0.2) is 12.1 Å². The largest absolute Gasteiger partial charge is 0.479 e. The zero-order chi connectivity index (χ0) is 86.2. The van der Waals surface area contributed by atoms with Crippen molar-refractivity contribution < 1.29 is 86.4 Å². The molecule has 2 saturated carbocycles. The molecule has 0 saturated heterocycles. The average Bonchev–Trinajstić information content (AvgIpc) is 0.815. The van der Waals surface area contributed by atoms with Crippen molar-refractivity contribution in [2.24, 2.45) is 11.8 Å². The van der Waals surface area contributed by atoms with Crippen LogP contribution in [0.3, 0.4) is 0 Å². The molecule has 5 aromatic carbocycles. The molecule has 0 aliphatic heterocycles. The van der Waals surface area contributed by atoms with Crippen LogP contribution in [0.25, 0.3) is 0 Å². The minimum absolute atomic E-state index is 0.0171. The summed E-state index contributed by atoms with van der Waals surface area (Å²) < 4.78 is 16.5. The molecule has 0 spiro atoms. The van der Waals surface area contributed by atoms with E-state index in [4.69, 9.17) is 14.2 Å². The Morgan fingerprint density at radius 2 is 0.773 bits per heavy atom. The zero-order valence-electron chi connectivity index (χ0n) is 69.9. The number of nitrogens with one attached hydrogen (secondary N) is 10. The van der Waals surface area contributed by atoms with Crippen molar-refractivity contribution in [3.8, 4) is 0 Å². The molecule has 0 bridgehead atoms. The number of ketones is 2. The molecule has 0 aromatic heterocycles. The molecule has 8 atom stereocenters. The Hall–Kier alpha value is -11.3. The van der Waals surface area contributed by atoms with E-state index in [0.29, 0.717) is 49.7 Å². The van der Waals surface area contributed by atoms with E-state index < -0.39 is 156 Å². The monoisotopic (exact) mass is 1640 g/mol. The summed E-state index contributed by atoms with van der Waals surface area (Å²) in [7, 11) is 0. The Bertz CT molecular complexity index is 4310. The number of alkyl carbamates (subject to hydrolysis) is 2. The van der Waals surface area contributed by atoms with E-state index in [1.165, 1.54) is 23.3 Å². The first-order valence-electron chi connectivity index (χ1n) is 42.0. The van der Waals surface area contributed by atoms with Gasteiger partial charge >= 0.3 is 24.1 Å². The van der Waals surface area contributed by atoms with Gasteiger partial charge in [-0.2, -0.15) is 0 Å². The fraction of sp³-hybridized carbons (Fsp3) is 0.516. The maximum absolute atomic E-state index is 14.4. The van der Waals surface area contributed by atoms with Crippen molar-refractivity contribution in [1.29, 1.82) is 0 Å². The van der Waals surface area contributed by atoms with Crippen LogP contribution in [0.1, 0.15) is 233 Å². The van der Waals surface area contributed by atoms with Crippen molar-refractivity contribution in [1.82, 2.24) is 53.2 Å². The summed E-state index contributed by atoms with van der Waals surface area (Å²) in [5, 5.41) is 36.0. The highest BCUT2D eigenvalue weighted by Gasteiger charge is 2.40. The molecule has 10 amide bonds. The Kier molecular flexibility index (Phi) is 36.1. The van der Waals surface area contributed by atoms with Crippen molar-refractivity contribution in [3.05, 3.63) is 177 Å². The van der Waals surface area contributed by atoms with Gasteiger partial charge in [-0.25, -0.2) is 19.2 Å². The van der Waals surface area contributed by atoms with Gasteiger partial charge in [0.25, 0.3) is 11.8 Å².